The first-order valence-corrected chi connectivity index (χ1v) is 8.07. The van der Waals surface area contributed by atoms with Crippen molar-refractivity contribution in [3.8, 4) is 5.75 Å². The van der Waals surface area contributed by atoms with E-state index in [1.165, 1.54) is 5.56 Å². The van der Waals surface area contributed by atoms with Crippen LogP contribution >= 0.6 is 0 Å². The molecule has 4 heteroatoms. The number of rotatable bonds is 9. The Morgan fingerprint density at radius 3 is 2.57 bits per heavy atom. The lowest BCUT2D eigenvalue weighted by Gasteiger charge is -2.28. The fourth-order valence-corrected chi connectivity index (χ4v) is 2.26. The Balaban J connectivity index is 2.73. The number of esters is 1. The van der Waals surface area contributed by atoms with Gasteiger partial charge in [-0.2, -0.15) is 0 Å². The third kappa shape index (κ3) is 5.39. The van der Waals surface area contributed by atoms with Crippen LogP contribution in [0.2, 0.25) is 0 Å². The van der Waals surface area contributed by atoms with Gasteiger partial charge in [-0.1, -0.05) is 39.5 Å². The molecule has 0 aliphatic carbocycles. The van der Waals surface area contributed by atoms with E-state index in [1.807, 2.05) is 19.1 Å². The fourth-order valence-electron chi connectivity index (χ4n) is 2.26. The molecule has 0 aliphatic rings. The molecular formula is C19H28O4. The molecule has 4 nitrogen and oxygen atoms in total. The van der Waals surface area contributed by atoms with E-state index in [4.69, 9.17) is 9.47 Å². The van der Waals surface area contributed by atoms with Crippen molar-refractivity contribution in [3.63, 3.8) is 0 Å². The molecule has 1 aromatic rings. The van der Waals surface area contributed by atoms with Crippen molar-refractivity contribution in [1.29, 1.82) is 0 Å². The molecule has 0 fully saturated rings. The molecule has 0 aliphatic heterocycles. The van der Waals surface area contributed by atoms with Crippen molar-refractivity contribution in [3.05, 3.63) is 42.0 Å². The van der Waals surface area contributed by atoms with Crippen LogP contribution in [0.4, 0.5) is 0 Å². The summed E-state index contributed by atoms with van der Waals surface area (Å²) < 4.78 is 10.5. The van der Waals surface area contributed by atoms with E-state index in [2.05, 4.69) is 33.4 Å². The van der Waals surface area contributed by atoms with Crippen LogP contribution in [-0.4, -0.2) is 30.4 Å². The lowest BCUT2D eigenvalue weighted by atomic mass is 9.77. The number of hydrogen-bond acceptors (Lipinski definition) is 4. The van der Waals surface area contributed by atoms with Gasteiger partial charge in [-0.05, 0) is 42.4 Å². The van der Waals surface area contributed by atoms with Crippen LogP contribution in [0.25, 0.3) is 0 Å². The molecule has 23 heavy (non-hydrogen) atoms. The summed E-state index contributed by atoms with van der Waals surface area (Å²) in [4.78, 5) is 11.0. The van der Waals surface area contributed by atoms with Gasteiger partial charge in [0.1, 0.15) is 25.1 Å². The van der Waals surface area contributed by atoms with Gasteiger partial charge in [0.05, 0.1) is 0 Å². The molecular weight excluding hydrogens is 292 g/mol. The van der Waals surface area contributed by atoms with Crippen LogP contribution in [0.3, 0.4) is 0 Å². The summed E-state index contributed by atoms with van der Waals surface area (Å²) in [7, 11) is 0. The van der Waals surface area contributed by atoms with Gasteiger partial charge in [0.15, 0.2) is 0 Å². The van der Waals surface area contributed by atoms with Gasteiger partial charge in [0, 0.05) is 6.08 Å². The van der Waals surface area contributed by atoms with Gasteiger partial charge in [0.25, 0.3) is 0 Å². The summed E-state index contributed by atoms with van der Waals surface area (Å²) in [6, 6.07) is 6.22. The van der Waals surface area contributed by atoms with Gasteiger partial charge in [-0.25, -0.2) is 4.79 Å². The first-order chi connectivity index (χ1) is 10.9. The van der Waals surface area contributed by atoms with Crippen molar-refractivity contribution < 1.29 is 19.4 Å². The molecule has 1 unspecified atom stereocenters. The maximum absolute atomic E-state index is 11.0. The van der Waals surface area contributed by atoms with E-state index in [9.17, 15) is 9.90 Å². The van der Waals surface area contributed by atoms with Gasteiger partial charge in [-0.15, -0.1) is 0 Å². The van der Waals surface area contributed by atoms with Gasteiger partial charge < -0.3 is 14.6 Å². The number of aryl methyl sites for hydroxylation is 1. The van der Waals surface area contributed by atoms with Crippen LogP contribution in [0.5, 0.6) is 5.75 Å². The standard InChI is InChI=1S/C19H28O4/c1-6-18(21)23-13-16(20)12-22-17-11-15(10-9-14(17)4)19(5,7-2)8-3/h6,9-11,16,20H,1,7-8,12-13H2,2-5H3. The predicted molar refractivity (Wildman–Crippen MR) is 91.8 cm³/mol. The summed E-state index contributed by atoms with van der Waals surface area (Å²) in [5, 5.41) is 9.83. The van der Waals surface area contributed by atoms with Gasteiger partial charge in [0.2, 0.25) is 0 Å². The summed E-state index contributed by atoms with van der Waals surface area (Å²) in [6.07, 6.45) is 2.29. The molecule has 1 atom stereocenters. The maximum atomic E-state index is 11.0. The van der Waals surface area contributed by atoms with E-state index in [1.54, 1.807) is 0 Å². The molecule has 0 saturated heterocycles. The number of ether oxygens (including phenoxy) is 2. The van der Waals surface area contributed by atoms with Crippen molar-refractivity contribution in [2.45, 2.75) is 52.1 Å². The van der Waals surface area contributed by atoms with E-state index in [0.717, 1.165) is 30.2 Å². The molecule has 128 valence electrons. The molecule has 1 rings (SSSR count). The predicted octanol–water partition coefficient (Wildman–Crippen LogP) is 3.54. The average Bonchev–Trinajstić information content (AvgIpc) is 2.57. The van der Waals surface area contributed by atoms with E-state index < -0.39 is 12.1 Å². The van der Waals surface area contributed by atoms with E-state index >= 15 is 0 Å². The van der Waals surface area contributed by atoms with Crippen molar-refractivity contribution in [1.82, 2.24) is 0 Å². The van der Waals surface area contributed by atoms with Gasteiger partial charge in [-0.3, -0.25) is 0 Å². The minimum absolute atomic E-state index is 0.0731. The average molecular weight is 320 g/mol. The highest BCUT2D eigenvalue weighted by Crippen LogP contribution is 2.34. The Morgan fingerprint density at radius 1 is 1.35 bits per heavy atom. The first kappa shape index (κ1) is 19.2. The number of hydrogen-bond donors (Lipinski definition) is 1. The SMILES string of the molecule is C=CC(=O)OCC(O)COc1cc(C(C)(CC)CC)ccc1C. The number of benzene rings is 1. The smallest absolute Gasteiger partial charge is 0.330 e. The zero-order chi connectivity index (χ0) is 17.5. The summed E-state index contributed by atoms with van der Waals surface area (Å²) in [5.74, 6) is 0.202. The normalized spacial score (nSPS) is 12.6. The minimum Gasteiger partial charge on any atom is -0.490 e. The molecule has 0 heterocycles. The minimum atomic E-state index is -0.870. The zero-order valence-electron chi connectivity index (χ0n) is 14.6. The molecule has 0 amide bonds. The lowest BCUT2D eigenvalue weighted by Crippen LogP contribution is -2.25. The van der Waals surface area contributed by atoms with Crippen molar-refractivity contribution in [2.75, 3.05) is 13.2 Å². The highest BCUT2D eigenvalue weighted by atomic mass is 16.5. The zero-order valence-corrected chi connectivity index (χ0v) is 14.6. The molecule has 0 saturated carbocycles. The van der Waals surface area contributed by atoms with E-state index in [0.29, 0.717) is 0 Å². The second-order valence-corrected chi connectivity index (χ2v) is 6.05. The lowest BCUT2D eigenvalue weighted by molar-refractivity contribution is -0.141. The van der Waals surface area contributed by atoms with Crippen molar-refractivity contribution >= 4 is 5.97 Å². The fraction of sp³-hybridized carbons (Fsp3) is 0.526. The van der Waals surface area contributed by atoms with Crippen LogP contribution < -0.4 is 4.74 Å². The van der Waals surface area contributed by atoms with Crippen LogP contribution in [-0.2, 0) is 14.9 Å². The summed E-state index contributed by atoms with van der Waals surface area (Å²) in [6.45, 7) is 11.8. The topological polar surface area (TPSA) is 55.8 Å². The molecule has 0 radical (unpaired) electrons. The second-order valence-electron chi connectivity index (χ2n) is 6.05. The largest absolute Gasteiger partial charge is 0.490 e. The molecule has 0 spiro atoms. The number of aliphatic hydroxyl groups excluding tert-OH is 1. The van der Waals surface area contributed by atoms with Crippen LogP contribution in [0.15, 0.2) is 30.9 Å². The monoisotopic (exact) mass is 320 g/mol. The second kappa shape index (κ2) is 8.73. The third-order valence-electron chi connectivity index (χ3n) is 4.46. The number of carbonyl (C=O) groups excluding carboxylic acids is 1. The molecule has 0 bridgehead atoms. The summed E-state index contributed by atoms with van der Waals surface area (Å²) in [5.41, 5.74) is 2.36. The Hall–Kier alpha value is -1.81. The maximum Gasteiger partial charge on any atom is 0.330 e. The van der Waals surface area contributed by atoms with Crippen LogP contribution in [0, 0.1) is 6.92 Å². The van der Waals surface area contributed by atoms with Crippen molar-refractivity contribution in [2.24, 2.45) is 0 Å². The number of carbonyl (C=O) groups is 1. The highest BCUT2D eigenvalue weighted by molar-refractivity contribution is 5.81. The van der Waals surface area contributed by atoms with E-state index in [-0.39, 0.29) is 18.6 Å². The highest BCUT2D eigenvalue weighted by Gasteiger charge is 2.23. The molecule has 1 aromatic carbocycles. The Kier molecular flexibility index (Phi) is 7.30. The first-order valence-electron chi connectivity index (χ1n) is 8.07. The molecule has 0 aromatic heterocycles. The third-order valence-corrected chi connectivity index (χ3v) is 4.46. The summed E-state index contributed by atoms with van der Waals surface area (Å²) >= 11 is 0. The quantitative estimate of drug-likeness (QED) is 0.558. The van der Waals surface area contributed by atoms with Crippen LogP contribution in [0.1, 0.15) is 44.7 Å². The Bertz CT molecular complexity index is 532. The Morgan fingerprint density at radius 2 is 2.00 bits per heavy atom. The number of aliphatic hydroxyl groups is 1. The van der Waals surface area contributed by atoms with Gasteiger partial charge >= 0.3 is 5.97 Å². The Labute approximate surface area is 139 Å². The molecule has 1 N–H and O–H groups in total.